The maximum absolute atomic E-state index is 9.22. The Hall–Kier alpha value is -1.31. The van der Waals surface area contributed by atoms with Crippen molar-refractivity contribution in [2.75, 3.05) is 5.32 Å². The predicted molar refractivity (Wildman–Crippen MR) is 89.7 cm³/mol. The fraction of sp³-hybridized carbons (Fsp3) is 0.188. The second kappa shape index (κ2) is 6.92. The molecule has 0 saturated carbocycles. The third kappa shape index (κ3) is 3.62. The molecule has 0 radical (unpaired) electrons. The highest BCUT2D eigenvalue weighted by atomic mass is 79.9. The molecule has 1 N–H and O–H groups in total. The highest BCUT2D eigenvalue weighted by molar-refractivity contribution is 9.10. The van der Waals surface area contributed by atoms with Gasteiger partial charge in [-0.3, -0.25) is 0 Å². The maximum atomic E-state index is 9.22. The van der Waals surface area contributed by atoms with E-state index < -0.39 is 0 Å². The van der Waals surface area contributed by atoms with Gasteiger partial charge in [0.2, 0.25) is 0 Å². The minimum absolute atomic E-state index is 0.181. The summed E-state index contributed by atoms with van der Waals surface area (Å²) in [6, 6.07) is 16.3. The molecule has 2 nitrogen and oxygen atoms in total. The number of nitrogens with zero attached hydrogens (tertiary/aromatic N) is 1. The Morgan fingerprint density at radius 3 is 2.55 bits per heavy atom. The van der Waals surface area contributed by atoms with Gasteiger partial charge in [-0.25, -0.2) is 0 Å². The van der Waals surface area contributed by atoms with Crippen LogP contribution in [0, 0.1) is 11.3 Å². The Morgan fingerprint density at radius 2 is 1.90 bits per heavy atom. The first-order chi connectivity index (χ1) is 9.63. The third-order valence-electron chi connectivity index (χ3n) is 3.09. The normalized spacial score (nSPS) is 11.7. The number of benzene rings is 2. The molecule has 2 aromatic rings. The van der Waals surface area contributed by atoms with Crippen molar-refractivity contribution in [3.8, 4) is 6.07 Å². The van der Waals surface area contributed by atoms with Crippen LogP contribution in [0.25, 0.3) is 0 Å². The van der Waals surface area contributed by atoms with Crippen molar-refractivity contribution >= 4 is 37.5 Å². The molecule has 0 saturated heterocycles. The summed E-state index contributed by atoms with van der Waals surface area (Å²) in [5.41, 5.74) is 2.71. The van der Waals surface area contributed by atoms with Crippen molar-refractivity contribution in [3.05, 3.63) is 62.5 Å². The Morgan fingerprint density at radius 1 is 1.15 bits per heavy atom. The summed E-state index contributed by atoms with van der Waals surface area (Å²) >= 11 is 6.89. The topological polar surface area (TPSA) is 35.8 Å². The maximum Gasteiger partial charge on any atom is 0.101 e. The van der Waals surface area contributed by atoms with E-state index in [1.54, 1.807) is 0 Å². The van der Waals surface area contributed by atoms with Crippen LogP contribution in [0.2, 0.25) is 0 Å². The zero-order valence-corrected chi connectivity index (χ0v) is 14.2. The molecule has 102 valence electrons. The lowest BCUT2D eigenvalue weighted by molar-refractivity contribution is 0.748. The van der Waals surface area contributed by atoms with E-state index in [9.17, 15) is 5.26 Å². The van der Waals surface area contributed by atoms with Crippen molar-refractivity contribution in [1.29, 1.82) is 5.26 Å². The third-order valence-corrected chi connectivity index (χ3v) is 4.08. The average molecular weight is 394 g/mol. The number of hydrogen-bond acceptors (Lipinski definition) is 2. The molecular weight excluding hydrogens is 380 g/mol. The van der Waals surface area contributed by atoms with E-state index in [-0.39, 0.29) is 6.04 Å². The molecular formula is C16H14Br2N2. The summed E-state index contributed by atoms with van der Waals surface area (Å²) in [5.74, 6) is 0. The van der Waals surface area contributed by atoms with Gasteiger partial charge in [0.1, 0.15) is 6.07 Å². The van der Waals surface area contributed by atoms with Crippen LogP contribution < -0.4 is 5.32 Å². The van der Waals surface area contributed by atoms with Crippen molar-refractivity contribution < 1.29 is 0 Å². The van der Waals surface area contributed by atoms with Gasteiger partial charge < -0.3 is 5.32 Å². The average Bonchev–Trinajstić information content (AvgIpc) is 2.45. The van der Waals surface area contributed by atoms with Gasteiger partial charge in [-0.05, 0) is 42.3 Å². The number of rotatable bonds is 4. The van der Waals surface area contributed by atoms with Crippen LogP contribution in [0.1, 0.15) is 30.5 Å². The van der Waals surface area contributed by atoms with E-state index in [2.05, 4.69) is 62.3 Å². The number of nitrogens with one attached hydrogen (secondary N) is 1. The SMILES string of the molecule is CCC(Nc1ccc(Br)cc1C#N)c1cccc(Br)c1. The summed E-state index contributed by atoms with van der Waals surface area (Å²) in [4.78, 5) is 0. The van der Waals surface area contributed by atoms with Crippen LogP contribution in [0.3, 0.4) is 0 Å². The summed E-state index contributed by atoms with van der Waals surface area (Å²) in [7, 11) is 0. The van der Waals surface area contributed by atoms with E-state index in [0.29, 0.717) is 5.56 Å². The van der Waals surface area contributed by atoms with Gasteiger partial charge in [0.25, 0.3) is 0 Å². The standard InChI is InChI=1S/C16H14Br2N2/c1-2-15(11-4-3-5-13(17)8-11)20-16-7-6-14(18)9-12(16)10-19/h3-9,15,20H,2H2,1H3. The van der Waals surface area contributed by atoms with E-state index in [1.807, 2.05) is 30.3 Å². The van der Waals surface area contributed by atoms with Gasteiger partial charge in [0, 0.05) is 8.95 Å². The predicted octanol–water partition coefficient (Wildman–Crippen LogP) is 5.65. The van der Waals surface area contributed by atoms with Crippen molar-refractivity contribution in [1.82, 2.24) is 0 Å². The lowest BCUT2D eigenvalue weighted by Crippen LogP contribution is -2.10. The van der Waals surface area contributed by atoms with Crippen molar-refractivity contribution in [2.24, 2.45) is 0 Å². The molecule has 0 heterocycles. The smallest absolute Gasteiger partial charge is 0.101 e. The van der Waals surface area contributed by atoms with Gasteiger partial charge >= 0.3 is 0 Å². The molecule has 0 aliphatic heterocycles. The molecule has 2 aromatic carbocycles. The van der Waals surface area contributed by atoms with Gasteiger partial charge in [-0.15, -0.1) is 0 Å². The Kier molecular flexibility index (Phi) is 5.22. The fourth-order valence-corrected chi connectivity index (χ4v) is 2.85. The molecule has 1 atom stereocenters. The van der Waals surface area contributed by atoms with Crippen LogP contribution in [0.4, 0.5) is 5.69 Å². The minimum atomic E-state index is 0.181. The first-order valence-corrected chi connectivity index (χ1v) is 7.94. The van der Waals surface area contributed by atoms with Crippen molar-refractivity contribution in [2.45, 2.75) is 19.4 Å². The zero-order valence-electron chi connectivity index (χ0n) is 11.0. The molecule has 0 aliphatic rings. The summed E-state index contributed by atoms with van der Waals surface area (Å²) in [6.45, 7) is 2.13. The van der Waals surface area contributed by atoms with Gasteiger partial charge in [0.05, 0.1) is 17.3 Å². The number of anilines is 1. The van der Waals surface area contributed by atoms with Crippen LogP contribution in [0.5, 0.6) is 0 Å². The molecule has 0 bridgehead atoms. The molecule has 0 spiro atoms. The van der Waals surface area contributed by atoms with Gasteiger partial charge in [-0.1, -0.05) is 50.9 Å². The number of nitriles is 1. The van der Waals surface area contributed by atoms with Crippen LogP contribution in [0.15, 0.2) is 51.4 Å². The molecule has 2 rings (SSSR count). The second-order valence-electron chi connectivity index (χ2n) is 4.46. The number of halogens is 2. The molecule has 0 aromatic heterocycles. The largest absolute Gasteiger partial charge is 0.377 e. The Bertz CT molecular complexity index is 647. The summed E-state index contributed by atoms with van der Waals surface area (Å²) < 4.78 is 1.97. The van der Waals surface area contributed by atoms with E-state index >= 15 is 0 Å². The van der Waals surface area contributed by atoms with E-state index in [4.69, 9.17) is 0 Å². The second-order valence-corrected chi connectivity index (χ2v) is 6.29. The molecule has 0 amide bonds. The van der Waals surface area contributed by atoms with Crippen molar-refractivity contribution in [3.63, 3.8) is 0 Å². The van der Waals surface area contributed by atoms with Crippen LogP contribution >= 0.6 is 31.9 Å². The fourth-order valence-electron chi connectivity index (χ4n) is 2.07. The number of hydrogen-bond donors (Lipinski definition) is 1. The van der Waals surface area contributed by atoms with Gasteiger partial charge in [0.15, 0.2) is 0 Å². The van der Waals surface area contributed by atoms with Crippen LogP contribution in [-0.4, -0.2) is 0 Å². The van der Waals surface area contributed by atoms with Crippen LogP contribution in [-0.2, 0) is 0 Å². The minimum Gasteiger partial charge on any atom is -0.377 e. The first kappa shape index (κ1) is 15.1. The van der Waals surface area contributed by atoms with Gasteiger partial charge in [-0.2, -0.15) is 5.26 Å². The highest BCUT2D eigenvalue weighted by Gasteiger charge is 2.12. The Labute approximate surface area is 136 Å². The van der Waals surface area contributed by atoms with E-state index in [1.165, 1.54) is 5.56 Å². The van der Waals surface area contributed by atoms with E-state index in [0.717, 1.165) is 21.1 Å². The molecule has 1 unspecified atom stereocenters. The molecule has 20 heavy (non-hydrogen) atoms. The first-order valence-electron chi connectivity index (χ1n) is 6.35. The summed E-state index contributed by atoms with van der Waals surface area (Å²) in [6.07, 6.45) is 0.942. The molecule has 4 heteroatoms. The summed E-state index contributed by atoms with van der Waals surface area (Å²) in [5, 5.41) is 12.7. The molecule has 0 fully saturated rings. The lowest BCUT2D eigenvalue weighted by atomic mass is 10.0. The highest BCUT2D eigenvalue weighted by Crippen LogP contribution is 2.28. The monoisotopic (exact) mass is 392 g/mol. The quantitative estimate of drug-likeness (QED) is 0.728. The lowest BCUT2D eigenvalue weighted by Gasteiger charge is -2.20. The Balaban J connectivity index is 2.29. The zero-order chi connectivity index (χ0) is 14.5. The molecule has 0 aliphatic carbocycles.